The number of nitrogens with two attached hydrogens (primary N) is 1. The number of rotatable bonds is 7. The van der Waals surface area contributed by atoms with E-state index >= 15 is 0 Å². The molecule has 0 atom stereocenters. The molecule has 0 unspecified atom stereocenters. The number of sulfonamides is 1. The molecule has 1 aromatic rings. The second-order valence-corrected chi connectivity index (χ2v) is 6.25. The van der Waals surface area contributed by atoms with Gasteiger partial charge in [-0.25, -0.2) is 13.1 Å². The third-order valence-electron chi connectivity index (χ3n) is 2.87. The van der Waals surface area contributed by atoms with E-state index in [1.165, 1.54) is 0 Å². The van der Waals surface area contributed by atoms with Crippen molar-refractivity contribution in [1.29, 1.82) is 0 Å². The Morgan fingerprint density at radius 2 is 1.79 bits per heavy atom. The van der Waals surface area contributed by atoms with Gasteiger partial charge in [0.2, 0.25) is 10.0 Å². The van der Waals surface area contributed by atoms with Gasteiger partial charge >= 0.3 is 0 Å². The largest absolute Gasteiger partial charge is 0.496 e. The molecule has 6 heteroatoms. The number of unbranched alkanes of at least 4 members (excludes halogenated alkanes) is 1. The van der Waals surface area contributed by atoms with Crippen LogP contribution in [-0.2, 0) is 10.0 Å². The van der Waals surface area contributed by atoms with Gasteiger partial charge in [0.1, 0.15) is 5.75 Å². The smallest absolute Gasteiger partial charge is 0.240 e. The summed E-state index contributed by atoms with van der Waals surface area (Å²) in [7, 11) is -1.88. The molecular formula is C13H22N2O3S. The van der Waals surface area contributed by atoms with Crippen molar-refractivity contribution in [2.75, 3.05) is 20.2 Å². The third kappa shape index (κ3) is 4.19. The van der Waals surface area contributed by atoms with Crippen LogP contribution in [-0.4, -0.2) is 28.6 Å². The molecule has 1 aromatic carbocycles. The van der Waals surface area contributed by atoms with Crippen molar-refractivity contribution < 1.29 is 13.2 Å². The van der Waals surface area contributed by atoms with Gasteiger partial charge in [-0.05, 0) is 56.5 Å². The third-order valence-corrected chi connectivity index (χ3v) is 4.31. The highest BCUT2D eigenvalue weighted by molar-refractivity contribution is 7.89. The van der Waals surface area contributed by atoms with Crippen LogP contribution < -0.4 is 15.2 Å². The number of nitrogens with one attached hydrogen (secondary N) is 1. The first-order valence-corrected chi connectivity index (χ1v) is 7.75. The van der Waals surface area contributed by atoms with Crippen LogP contribution in [0, 0.1) is 13.8 Å². The van der Waals surface area contributed by atoms with E-state index in [-0.39, 0.29) is 4.90 Å². The Bertz CT molecular complexity index is 504. The number of ether oxygens (including phenoxy) is 1. The maximum Gasteiger partial charge on any atom is 0.240 e. The van der Waals surface area contributed by atoms with Gasteiger partial charge in [0.25, 0.3) is 0 Å². The number of methoxy groups -OCH3 is 1. The fourth-order valence-corrected chi connectivity index (χ4v) is 3.19. The van der Waals surface area contributed by atoms with Gasteiger partial charge in [-0.3, -0.25) is 0 Å². The molecule has 0 aromatic heterocycles. The molecule has 0 heterocycles. The SMILES string of the molecule is COc1c(C)cc(S(=O)(=O)NCCCCN)cc1C. The summed E-state index contributed by atoms with van der Waals surface area (Å²) >= 11 is 0. The first-order chi connectivity index (χ1) is 8.92. The van der Waals surface area contributed by atoms with Crippen LogP contribution in [0.4, 0.5) is 0 Å². The van der Waals surface area contributed by atoms with Gasteiger partial charge < -0.3 is 10.5 Å². The quantitative estimate of drug-likeness (QED) is 0.741. The fourth-order valence-electron chi connectivity index (χ4n) is 1.95. The number of aryl methyl sites for hydroxylation is 2. The molecule has 0 aliphatic rings. The average Bonchev–Trinajstić information content (AvgIpc) is 2.34. The predicted molar refractivity (Wildman–Crippen MR) is 75.9 cm³/mol. The van der Waals surface area contributed by atoms with E-state index in [0.29, 0.717) is 13.1 Å². The van der Waals surface area contributed by atoms with Crippen LogP contribution in [0.1, 0.15) is 24.0 Å². The molecule has 19 heavy (non-hydrogen) atoms. The second kappa shape index (κ2) is 6.88. The minimum absolute atomic E-state index is 0.274. The lowest BCUT2D eigenvalue weighted by Crippen LogP contribution is -2.25. The molecular weight excluding hydrogens is 264 g/mol. The fraction of sp³-hybridized carbons (Fsp3) is 0.538. The van der Waals surface area contributed by atoms with Crippen LogP contribution in [0.15, 0.2) is 17.0 Å². The van der Waals surface area contributed by atoms with E-state index in [0.717, 1.165) is 29.7 Å². The van der Waals surface area contributed by atoms with Crippen molar-refractivity contribution in [3.63, 3.8) is 0 Å². The Labute approximate surface area is 115 Å². The van der Waals surface area contributed by atoms with Crippen molar-refractivity contribution in [1.82, 2.24) is 4.72 Å². The standard InChI is InChI=1S/C13H22N2O3S/c1-10-8-12(9-11(2)13(10)18-3)19(16,17)15-7-5-4-6-14/h8-9,15H,4-7,14H2,1-3H3. The lowest BCUT2D eigenvalue weighted by atomic mass is 10.1. The highest BCUT2D eigenvalue weighted by atomic mass is 32.2. The molecule has 0 bridgehead atoms. The molecule has 108 valence electrons. The Morgan fingerprint density at radius 3 is 2.26 bits per heavy atom. The first-order valence-electron chi connectivity index (χ1n) is 6.27. The lowest BCUT2D eigenvalue weighted by molar-refractivity contribution is 0.408. The Balaban J connectivity index is 2.90. The molecule has 3 N–H and O–H groups in total. The monoisotopic (exact) mass is 286 g/mol. The molecule has 0 aliphatic heterocycles. The highest BCUT2D eigenvalue weighted by Crippen LogP contribution is 2.26. The maximum absolute atomic E-state index is 12.1. The summed E-state index contributed by atoms with van der Waals surface area (Å²) in [4.78, 5) is 0.274. The average molecular weight is 286 g/mol. The number of hydrogen-bond acceptors (Lipinski definition) is 4. The van der Waals surface area contributed by atoms with E-state index < -0.39 is 10.0 Å². The van der Waals surface area contributed by atoms with Crippen molar-refractivity contribution >= 4 is 10.0 Å². The minimum Gasteiger partial charge on any atom is -0.496 e. The molecule has 0 aliphatic carbocycles. The van der Waals surface area contributed by atoms with Crippen molar-refractivity contribution in [3.8, 4) is 5.75 Å². The molecule has 0 amide bonds. The van der Waals surface area contributed by atoms with E-state index in [4.69, 9.17) is 10.5 Å². The lowest BCUT2D eigenvalue weighted by Gasteiger charge is -2.12. The summed E-state index contributed by atoms with van der Waals surface area (Å²) in [6.45, 7) is 4.64. The van der Waals surface area contributed by atoms with E-state index in [1.807, 2.05) is 13.8 Å². The van der Waals surface area contributed by atoms with Gasteiger partial charge in [0.05, 0.1) is 12.0 Å². The maximum atomic E-state index is 12.1. The summed E-state index contributed by atoms with van der Waals surface area (Å²) in [5.74, 6) is 0.724. The second-order valence-electron chi connectivity index (χ2n) is 4.48. The van der Waals surface area contributed by atoms with Crippen LogP contribution in [0.5, 0.6) is 5.75 Å². The Morgan fingerprint density at radius 1 is 1.21 bits per heavy atom. The van der Waals surface area contributed by atoms with Crippen LogP contribution in [0.3, 0.4) is 0 Å². The molecule has 0 fully saturated rings. The topological polar surface area (TPSA) is 81.4 Å². The number of benzene rings is 1. The zero-order chi connectivity index (χ0) is 14.5. The van der Waals surface area contributed by atoms with E-state index in [2.05, 4.69) is 4.72 Å². The van der Waals surface area contributed by atoms with Gasteiger partial charge in [-0.15, -0.1) is 0 Å². The molecule has 1 rings (SSSR count). The molecule has 5 nitrogen and oxygen atoms in total. The minimum atomic E-state index is -3.46. The zero-order valence-corrected chi connectivity index (χ0v) is 12.5. The number of hydrogen-bond donors (Lipinski definition) is 2. The van der Waals surface area contributed by atoms with Crippen molar-refractivity contribution in [2.45, 2.75) is 31.6 Å². The molecule has 0 saturated heterocycles. The molecule has 0 saturated carbocycles. The Kier molecular flexibility index (Phi) is 5.78. The summed E-state index contributed by atoms with van der Waals surface area (Å²) in [6.07, 6.45) is 1.55. The Hall–Kier alpha value is -1.11. The van der Waals surface area contributed by atoms with Gasteiger partial charge in [-0.2, -0.15) is 0 Å². The molecule has 0 radical (unpaired) electrons. The van der Waals surface area contributed by atoms with Gasteiger partial charge in [0, 0.05) is 6.54 Å². The highest BCUT2D eigenvalue weighted by Gasteiger charge is 2.16. The summed E-state index contributed by atoms with van der Waals surface area (Å²) in [5, 5.41) is 0. The summed E-state index contributed by atoms with van der Waals surface area (Å²) in [5.41, 5.74) is 6.99. The normalized spacial score (nSPS) is 11.6. The van der Waals surface area contributed by atoms with E-state index in [9.17, 15) is 8.42 Å². The van der Waals surface area contributed by atoms with Crippen LogP contribution in [0.2, 0.25) is 0 Å². The van der Waals surface area contributed by atoms with Crippen molar-refractivity contribution in [2.24, 2.45) is 5.73 Å². The summed E-state index contributed by atoms with van der Waals surface area (Å²) in [6, 6.07) is 3.24. The summed E-state index contributed by atoms with van der Waals surface area (Å²) < 4.78 is 32.0. The zero-order valence-electron chi connectivity index (χ0n) is 11.7. The van der Waals surface area contributed by atoms with Crippen LogP contribution >= 0.6 is 0 Å². The molecule has 0 spiro atoms. The van der Waals surface area contributed by atoms with E-state index in [1.54, 1.807) is 19.2 Å². The van der Waals surface area contributed by atoms with Gasteiger partial charge in [-0.1, -0.05) is 0 Å². The van der Waals surface area contributed by atoms with Gasteiger partial charge in [0.15, 0.2) is 0 Å². The van der Waals surface area contributed by atoms with Crippen LogP contribution in [0.25, 0.3) is 0 Å². The first kappa shape index (κ1) is 15.9. The predicted octanol–water partition coefficient (Wildman–Crippen LogP) is 1.33. The van der Waals surface area contributed by atoms with Crippen molar-refractivity contribution in [3.05, 3.63) is 23.3 Å².